The van der Waals surface area contributed by atoms with Gasteiger partial charge in [-0.25, -0.2) is 13.2 Å². The summed E-state index contributed by atoms with van der Waals surface area (Å²) in [5, 5.41) is 2.65. The first-order valence-electron chi connectivity index (χ1n) is 10.1. The second-order valence-corrected chi connectivity index (χ2v) is 9.10. The number of nitrogens with zero attached hydrogens (tertiary/aromatic N) is 1. The molecule has 0 unspecified atom stereocenters. The molecular formula is C24H24N2O7S. The summed E-state index contributed by atoms with van der Waals surface area (Å²) < 4.78 is 36.3. The van der Waals surface area contributed by atoms with Gasteiger partial charge in [0, 0.05) is 7.05 Å². The molecule has 0 aliphatic rings. The lowest BCUT2D eigenvalue weighted by Gasteiger charge is -2.14. The molecule has 0 aliphatic carbocycles. The predicted octanol–water partition coefficient (Wildman–Crippen LogP) is 3.76. The van der Waals surface area contributed by atoms with Gasteiger partial charge in [0.1, 0.15) is 5.75 Å². The number of aryl methyl sites for hydroxylation is 1. The summed E-state index contributed by atoms with van der Waals surface area (Å²) in [5.74, 6) is -0.411. The molecule has 0 spiro atoms. The molecule has 0 bridgehead atoms. The number of hydroxylamine groups is 1. The van der Waals surface area contributed by atoms with Crippen LogP contribution in [0, 0.1) is 6.92 Å². The summed E-state index contributed by atoms with van der Waals surface area (Å²) >= 11 is 0. The molecule has 0 radical (unpaired) electrons. The number of rotatable bonds is 9. The number of benzene rings is 3. The van der Waals surface area contributed by atoms with Crippen LogP contribution in [0.15, 0.2) is 77.7 Å². The lowest BCUT2D eigenvalue weighted by Crippen LogP contribution is -2.26. The number of carbonyl (C=O) groups is 2. The number of amides is 1. The van der Waals surface area contributed by atoms with E-state index in [1.807, 2.05) is 31.2 Å². The van der Waals surface area contributed by atoms with Crippen LogP contribution in [0.2, 0.25) is 0 Å². The van der Waals surface area contributed by atoms with E-state index in [2.05, 4.69) is 5.32 Å². The van der Waals surface area contributed by atoms with Crippen molar-refractivity contribution in [2.24, 2.45) is 0 Å². The van der Waals surface area contributed by atoms with Crippen molar-refractivity contribution in [2.75, 3.05) is 26.1 Å². The Kier molecular flexibility index (Phi) is 8.00. The van der Waals surface area contributed by atoms with Gasteiger partial charge in [-0.1, -0.05) is 40.4 Å². The van der Waals surface area contributed by atoms with Gasteiger partial charge in [0.2, 0.25) is 0 Å². The van der Waals surface area contributed by atoms with Crippen molar-refractivity contribution >= 4 is 27.6 Å². The van der Waals surface area contributed by atoms with Gasteiger partial charge in [0.25, 0.3) is 15.9 Å². The van der Waals surface area contributed by atoms with Gasteiger partial charge < -0.3 is 14.8 Å². The van der Waals surface area contributed by atoms with E-state index >= 15 is 0 Å². The molecule has 9 nitrogen and oxygen atoms in total. The minimum absolute atomic E-state index is 0.0264. The summed E-state index contributed by atoms with van der Waals surface area (Å²) in [7, 11) is -1.51. The van der Waals surface area contributed by atoms with Crippen LogP contribution in [0.5, 0.6) is 11.5 Å². The first-order chi connectivity index (χ1) is 16.2. The summed E-state index contributed by atoms with van der Waals surface area (Å²) in [5.41, 5.74) is 1.46. The zero-order chi connectivity index (χ0) is 24.7. The highest BCUT2D eigenvalue weighted by molar-refractivity contribution is 7.89. The minimum Gasteiger partial charge on any atom is -0.455 e. The molecule has 0 heterocycles. The van der Waals surface area contributed by atoms with Crippen LogP contribution in [0.3, 0.4) is 0 Å². The van der Waals surface area contributed by atoms with Gasteiger partial charge in [-0.15, -0.1) is 0 Å². The van der Waals surface area contributed by atoms with Gasteiger partial charge >= 0.3 is 5.97 Å². The lowest BCUT2D eigenvalue weighted by atomic mass is 10.2. The fraction of sp³-hybridized carbons (Fsp3) is 0.167. The van der Waals surface area contributed by atoms with E-state index < -0.39 is 28.5 Å². The number of hydrogen-bond acceptors (Lipinski definition) is 7. The van der Waals surface area contributed by atoms with Crippen molar-refractivity contribution in [2.45, 2.75) is 11.8 Å². The highest BCUT2D eigenvalue weighted by Gasteiger charge is 2.22. The van der Waals surface area contributed by atoms with Crippen molar-refractivity contribution in [3.8, 4) is 11.5 Å². The van der Waals surface area contributed by atoms with Crippen LogP contribution < -0.4 is 10.1 Å². The van der Waals surface area contributed by atoms with Gasteiger partial charge in [0.05, 0.1) is 23.3 Å². The Balaban J connectivity index is 1.63. The molecule has 0 saturated carbocycles. The summed E-state index contributed by atoms with van der Waals surface area (Å²) in [6.07, 6.45) is 0. The number of carbonyl (C=O) groups excluding carboxylic acids is 2. The molecule has 3 rings (SSSR count). The quantitative estimate of drug-likeness (QED) is 0.364. The number of esters is 1. The van der Waals surface area contributed by atoms with E-state index in [0.29, 0.717) is 21.7 Å². The normalized spacial score (nSPS) is 11.2. The maximum atomic E-state index is 12.4. The molecule has 0 atom stereocenters. The molecule has 1 amide bonds. The molecule has 34 heavy (non-hydrogen) atoms. The SMILES string of the molecule is CON(C)S(=O)(=O)c1cccc(C(=O)OCC(=O)Nc2ccccc2Oc2ccc(C)cc2)c1. The largest absolute Gasteiger partial charge is 0.455 e. The Morgan fingerprint density at radius 2 is 1.68 bits per heavy atom. The number of ether oxygens (including phenoxy) is 2. The zero-order valence-electron chi connectivity index (χ0n) is 18.8. The van der Waals surface area contributed by atoms with Crippen LogP contribution in [0.1, 0.15) is 15.9 Å². The van der Waals surface area contributed by atoms with Gasteiger partial charge in [-0.2, -0.15) is 0 Å². The third-order valence-electron chi connectivity index (χ3n) is 4.71. The van der Waals surface area contributed by atoms with Gasteiger partial charge in [-0.3, -0.25) is 9.63 Å². The van der Waals surface area contributed by atoms with Gasteiger partial charge in [-0.05, 0) is 49.4 Å². The Bertz CT molecular complexity index is 1270. The topological polar surface area (TPSA) is 111 Å². The average molecular weight is 485 g/mol. The van der Waals surface area contributed by atoms with Crippen molar-refractivity contribution in [1.82, 2.24) is 4.47 Å². The molecule has 0 aliphatic heterocycles. The summed E-state index contributed by atoms with van der Waals surface area (Å²) in [4.78, 5) is 29.3. The molecular weight excluding hydrogens is 460 g/mol. The average Bonchev–Trinajstić information content (AvgIpc) is 2.84. The molecule has 0 fully saturated rings. The van der Waals surface area contributed by atoms with Crippen LogP contribution in [-0.2, 0) is 24.4 Å². The first kappa shape index (κ1) is 24.9. The second-order valence-electron chi connectivity index (χ2n) is 7.16. The summed E-state index contributed by atoms with van der Waals surface area (Å²) in [6, 6.07) is 19.5. The monoisotopic (exact) mass is 484 g/mol. The fourth-order valence-corrected chi connectivity index (χ4v) is 3.84. The predicted molar refractivity (Wildman–Crippen MR) is 125 cm³/mol. The third-order valence-corrected chi connectivity index (χ3v) is 6.38. The maximum absolute atomic E-state index is 12.4. The van der Waals surface area contributed by atoms with E-state index in [1.165, 1.54) is 32.4 Å². The van der Waals surface area contributed by atoms with Crippen LogP contribution in [0.4, 0.5) is 5.69 Å². The van der Waals surface area contributed by atoms with E-state index in [-0.39, 0.29) is 10.5 Å². The fourth-order valence-electron chi connectivity index (χ4n) is 2.82. The van der Waals surface area contributed by atoms with E-state index in [9.17, 15) is 18.0 Å². The number of sulfonamides is 1. The van der Waals surface area contributed by atoms with E-state index in [0.717, 1.165) is 11.6 Å². The smallest absolute Gasteiger partial charge is 0.338 e. The molecule has 10 heteroatoms. The molecule has 3 aromatic rings. The number of hydrogen-bond donors (Lipinski definition) is 1. The van der Waals surface area contributed by atoms with Crippen molar-refractivity contribution < 1.29 is 32.3 Å². The Morgan fingerprint density at radius 1 is 0.971 bits per heavy atom. The highest BCUT2D eigenvalue weighted by Crippen LogP contribution is 2.29. The molecule has 0 saturated heterocycles. The Hall–Kier alpha value is -3.73. The molecule has 0 aromatic heterocycles. The highest BCUT2D eigenvalue weighted by atomic mass is 32.2. The summed E-state index contributed by atoms with van der Waals surface area (Å²) in [6.45, 7) is 1.39. The maximum Gasteiger partial charge on any atom is 0.338 e. The van der Waals surface area contributed by atoms with E-state index in [1.54, 1.807) is 24.3 Å². The lowest BCUT2D eigenvalue weighted by molar-refractivity contribution is -0.119. The third kappa shape index (κ3) is 6.19. The van der Waals surface area contributed by atoms with Crippen molar-refractivity contribution in [3.05, 3.63) is 83.9 Å². The number of para-hydroxylation sites is 2. The first-order valence-corrected chi connectivity index (χ1v) is 11.6. The standard InChI is InChI=1S/C24H24N2O7S/c1-17-11-13-19(14-12-17)33-22-10-5-4-9-21(22)25-23(27)16-32-24(28)18-7-6-8-20(15-18)34(29,30)26(2)31-3/h4-15H,16H2,1-3H3,(H,25,27). The van der Waals surface area contributed by atoms with Crippen molar-refractivity contribution in [1.29, 1.82) is 0 Å². The molecule has 1 N–H and O–H groups in total. The second kappa shape index (κ2) is 10.9. The Morgan fingerprint density at radius 3 is 2.38 bits per heavy atom. The number of nitrogens with one attached hydrogen (secondary N) is 1. The Labute approximate surface area is 197 Å². The number of anilines is 1. The van der Waals surface area contributed by atoms with Crippen LogP contribution >= 0.6 is 0 Å². The van der Waals surface area contributed by atoms with E-state index in [4.69, 9.17) is 14.3 Å². The van der Waals surface area contributed by atoms with Crippen molar-refractivity contribution in [3.63, 3.8) is 0 Å². The van der Waals surface area contributed by atoms with Crippen LogP contribution in [0.25, 0.3) is 0 Å². The van der Waals surface area contributed by atoms with Gasteiger partial charge in [0.15, 0.2) is 12.4 Å². The van der Waals surface area contributed by atoms with Crippen LogP contribution in [-0.4, -0.2) is 45.5 Å². The zero-order valence-corrected chi connectivity index (χ0v) is 19.7. The molecule has 3 aromatic carbocycles. The minimum atomic E-state index is -3.94. The molecule has 178 valence electrons.